The molecular formula is C18H24N2O. The van der Waals surface area contributed by atoms with Gasteiger partial charge in [0.25, 0.3) is 5.91 Å². The third-order valence-corrected chi connectivity index (χ3v) is 4.72. The molecule has 0 radical (unpaired) electrons. The lowest BCUT2D eigenvalue weighted by Gasteiger charge is -2.26. The zero-order valence-electron chi connectivity index (χ0n) is 12.7. The Morgan fingerprint density at radius 1 is 1.33 bits per heavy atom. The average Bonchev–Trinajstić information content (AvgIpc) is 2.95. The molecule has 0 aliphatic heterocycles. The number of hydrogen-bond acceptors (Lipinski definition) is 1. The van der Waals surface area contributed by atoms with Gasteiger partial charge in [-0.2, -0.15) is 0 Å². The minimum atomic E-state index is 0.0342. The molecule has 3 nitrogen and oxygen atoms in total. The minimum Gasteiger partial charge on any atom is -0.361 e. The summed E-state index contributed by atoms with van der Waals surface area (Å²) in [5.74, 6) is 1.68. The molecule has 1 amide bonds. The molecular weight excluding hydrogens is 260 g/mol. The molecule has 2 N–H and O–H groups in total. The van der Waals surface area contributed by atoms with E-state index < -0.39 is 0 Å². The van der Waals surface area contributed by atoms with Crippen molar-refractivity contribution in [2.24, 2.45) is 11.8 Å². The van der Waals surface area contributed by atoms with Crippen LogP contribution in [0.1, 0.15) is 49.4 Å². The molecule has 1 heterocycles. The molecule has 2 aromatic rings. The zero-order valence-corrected chi connectivity index (χ0v) is 12.7. The Balaban J connectivity index is 1.56. The summed E-state index contributed by atoms with van der Waals surface area (Å²) in [5, 5.41) is 4.17. The molecule has 3 rings (SSSR count). The number of carbonyl (C=O) groups excluding carboxylic acids is 1. The molecule has 112 valence electrons. The molecule has 1 aromatic carbocycles. The lowest BCUT2D eigenvalue weighted by atomic mass is 9.81. The Hall–Kier alpha value is -1.77. The number of nitrogens with one attached hydrogen (secondary N) is 2. The van der Waals surface area contributed by atoms with Gasteiger partial charge in [0, 0.05) is 18.1 Å². The highest BCUT2D eigenvalue weighted by Gasteiger charge is 2.19. The fourth-order valence-electron chi connectivity index (χ4n) is 3.58. The molecule has 3 heteroatoms. The number of fused-ring (bicyclic) bond motifs is 1. The van der Waals surface area contributed by atoms with Crippen LogP contribution in [0.2, 0.25) is 0 Å². The third kappa shape index (κ3) is 3.29. The first-order valence-electron chi connectivity index (χ1n) is 8.08. The van der Waals surface area contributed by atoms with E-state index in [9.17, 15) is 4.79 Å². The van der Waals surface area contributed by atoms with E-state index in [2.05, 4.69) is 17.2 Å². The van der Waals surface area contributed by atoms with Gasteiger partial charge in [-0.05, 0) is 36.8 Å². The molecule has 1 saturated carbocycles. The molecule has 1 aromatic heterocycles. The number of aromatic nitrogens is 1. The maximum absolute atomic E-state index is 12.3. The molecule has 1 aliphatic carbocycles. The van der Waals surface area contributed by atoms with E-state index in [-0.39, 0.29) is 5.91 Å². The van der Waals surface area contributed by atoms with Crippen LogP contribution in [-0.4, -0.2) is 17.4 Å². The molecule has 2 atom stereocenters. The summed E-state index contributed by atoms with van der Waals surface area (Å²) in [6.45, 7) is 3.13. The predicted molar refractivity (Wildman–Crippen MR) is 86.4 cm³/mol. The number of hydrogen-bond donors (Lipinski definition) is 2. The molecule has 1 aliphatic rings. The molecule has 21 heavy (non-hydrogen) atoms. The second-order valence-electron chi connectivity index (χ2n) is 6.43. The highest BCUT2D eigenvalue weighted by atomic mass is 16.1. The topological polar surface area (TPSA) is 44.9 Å². The highest BCUT2D eigenvalue weighted by Crippen LogP contribution is 2.30. The van der Waals surface area contributed by atoms with Crippen LogP contribution in [0, 0.1) is 11.8 Å². The first-order chi connectivity index (χ1) is 10.2. The van der Waals surface area contributed by atoms with Gasteiger partial charge in [-0.1, -0.05) is 38.3 Å². The smallest absolute Gasteiger partial charge is 0.253 e. The van der Waals surface area contributed by atoms with Crippen molar-refractivity contribution >= 4 is 16.8 Å². The van der Waals surface area contributed by atoms with Crippen LogP contribution in [0.5, 0.6) is 0 Å². The molecule has 0 bridgehead atoms. The molecule has 2 unspecified atom stereocenters. The van der Waals surface area contributed by atoms with Crippen molar-refractivity contribution in [2.45, 2.75) is 39.0 Å². The maximum Gasteiger partial charge on any atom is 0.253 e. The van der Waals surface area contributed by atoms with Crippen LogP contribution >= 0.6 is 0 Å². The SMILES string of the molecule is CC1CCCC(CCNC(=O)c2cccc3cc[nH]c23)C1. The molecule has 0 spiro atoms. The maximum atomic E-state index is 12.3. The third-order valence-electron chi connectivity index (χ3n) is 4.72. The normalized spacial score (nSPS) is 22.3. The van der Waals surface area contributed by atoms with E-state index in [0.29, 0.717) is 0 Å². The van der Waals surface area contributed by atoms with Gasteiger partial charge in [0.2, 0.25) is 0 Å². The second-order valence-corrected chi connectivity index (χ2v) is 6.43. The van der Waals surface area contributed by atoms with E-state index in [0.717, 1.165) is 41.3 Å². The number of rotatable bonds is 4. The van der Waals surface area contributed by atoms with Crippen molar-refractivity contribution in [3.05, 3.63) is 36.0 Å². The number of benzene rings is 1. The van der Waals surface area contributed by atoms with Crippen LogP contribution in [-0.2, 0) is 0 Å². The Morgan fingerprint density at radius 3 is 3.10 bits per heavy atom. The van der Waals surface area contributed by atoms with Crippen molar-refractivity contribution in [2.75, 3.05) is 6.54 Å². The Morgan fingerprint density at radius 2 is 2.24 bits per heavy atom. The van der Waals surface area contributed by atoms with E-state index in [4.69, 9.17) is 0 Å². The Kier molecular flexibility index (Phi) is 4.28. The van der Waals surface area contributed by atoms with E-state index in [1.807, 2.05) is 30.5 Å². The van der Waals surface area contributed by atoms with Gasteiger partial charge in [0.1, 0.15) is 0 Å². The Bertz CT molecular complexity index is 616. The lowest BCUT2D eigenvalue weighted by Crippen LogP contribution is -2.27. The van der Waals surface area contributed by atoms with Crippen molar-refractivity contribution in [3.63, 3.8) is 0 Å². The lowest BCUT2D eigenvalue weighted by molar-refractivity contribution is 0.0951. The first kappa shape index (κ1) is 14.2. The molecule has 1 fully saturated rings. The van der Waals surface area contributed by atoms with Gasteiger partial charge in [0.05, 0.1) is 11.1 Å². The standard InChI is InChI=1S/C18H24N2O/c1-13-4-2-5-14(12-13)8-10-20-18(21)16-7-3-6-15-9-11-19-17(15)16/h3,6-7,9,11,13-14,19H,2,4-5,8,10,12H2,1H3,(H,20,21). The van der Waals surface area contributed by atoms with Crippen LogP contribution in [0.3, 0.4) is 0 Å². The van der Waals surface area contributed by atoms with E-state index in [1.165, 1.54) is 25.7 Å². The number of H-pyrrole nitrogens is 1. The minimum absolute atomic E-state index is 0.0342. The Labute approximate surface area is 126 Å². The van der Waals surface area contributed by atoms with Crippen molar-refractivity contribution in [1.82, 2.24) is 10.3 Å². The zero-order chi connectivity index (χ0) is 14.7. The average molecular weight is 284 g/mol. The van der Waals surface area contributed by atoms with Gasteiger partial charge in [-0.3, -0.25) is 4.79 Å². The van der Waals surface area contributed by atoms with E-state index >= 15 is 0 Å². The van der Waals surface area contributed by atoms with Crippen LogP contribution in [0.15, 0.2) is 30.5 Å². The van der Waals surface area contributed by atoms with Crippen molar-refractivity contribution < 1.29 is 4.79 Å². The van der Waals surface area contributed by atoms with Gasteiger partial charge in [-0.15, -0.1) is 0 Å². The number of amides is 1. The monoisotopic (exact) mass is 284 g/mol. The van der Waals surface area contributed by atoms with Gasteiger partial charge in [-0.25, -0.2) is 0 Å². The predicted octanol–water partition coefficient (Wildman–Crippen LogP) is 4.11. The summed E-state index contributed by atoms with van der Waals surface area (Å²) in [5.41, 5.74) is 1.68. The first-order valence-corrected chi connectivity index (χ1v) is 8.08. The molecule has 0 saturated heterocycles. The number of para-hydroxylation sites is 1. The summed E-state index contributed by atoms with van der Waals surface area (Å²) in [7, 11) is 0. The highest BCUT2D eigenvalue weighted by molar-refractivity contribution is 6.05. The summed E-state index contributed by atoms with van der Waals surface area (Å²) >= 11 is 0. The van der Waals surface area contributed by atoms with Gasteiger partial charge >= 0.3 is 0 Å². The van der Waals surface area contributed by atoms with Crippen molar-refractivity contribution in [3.8, 4) is 0 Å². The van der Waals surface area contributed by atoms with Crippen LogP contribution in [0.25, 0.3) is 10.9 Å². The fourth-order valence-corrected chi connectivity index (χ4v) is 3.58. The van der Waals surface area contributed by atoms with Crippen LogP contribution in [0.4, 0.5) is 0 Å². The summed E-state index contributed by atoms with van der Waals surface area (Å²) < 4.78 is 0. The second kappa shape index (κ2) is 6.33. The van der Waals surface area contributed by atoms with Gasteiger partial charge in [0.15, 0.2) is 0 Å². The quantitative estimate of drug-likeness (QED) is 0.871. The fraction of sp³-hybridized carbons (Fsp3) is 0.500. The van der Waals surface area contributed by atoms with E-state index in [1.54, 1.807) is 0 Å². The van der Waals surface area contributed by atoms with Gasteiger partial charge < -0.3 is 10.3 Å². The number of carbonyl (C=O) groups is 1. The summed E-state index contributed by atoms with van der Waals surface area (Å²) in [6, 6.07) is 7.84. The van der Waals surface area contributed by atoms with Crippen molar-refractivity contribution in [1.29, 1.82) is 0 Å². The largest absolute Gasteiger partial charge is 0.361 e. The number of aromatic amines is 1. The summed E-state index contributed by atoms with van der Waals surface area (Å²) in [6.07, 6.45) is 8.36. The summed E-state index contributed by atoms with van der Waals surface area (Å²) in [4.78, 5) is 15.5. The van der Waals surface area contributed by atoms with Crippen LogP contribution < -0.4 is 5.32 Å².